The first-order valence-electron chi connectivity index (χ1n) is 6.62. The summed E-state index contributed by atoms with van der Waals surface area (Å²) < 4.78 is 5.32. The topological polar surface area (TPSA) is 62.7 Å². The molecule has 0 aromatic carbocycles. The highest BCUT2D eigenvalue weighted by atomic mass is 16.5. The second-order valence-corrected chi connectivity index (χ2v) is 4.95. The van der Waals surface area contributed by atoms with E-state index in [1.807, 2.05) is 25.1 Å². The average Bonchev–Trinajstić information content (AvgIpc) is 2.38. The number of rotatable bonds is 5. The predicted molar refractivity (Wildman–Crippen MR) is 70.9 cm³/mol. The number of pyridine rings is 1. The van der Waals surface area contributed by atoms with E-state index in [1.165, 1.54) is 0 Å². The number of aryl methyl sites for hydroxylation is 1. The highest BCUT2D eigenvalue weighted by Crippen LogP contribution is 2.15. The van der Waals surface area contributed by atoms with Crippen molar-refractivity contribution in [3.63, 3.8) is 0 Å². The second-order valence-electron chi connectivity index (χ2n) is 4.95. The first-order chi connectivity index (χ1) is 9.13. The third-order valence-electron chi connectivity index (χ3n) is 3.31. The molecule has 0 atom stereocenters. The van der Waals surface area contributed by atoms with E-state index in [1.54, 1.807) is 0 Å². The van der Waals surface area contributed by atoms with Crippen LogP contribution in [-0.4, -0.2) is 46.8 Å². The number of carboxylic acids is 1. The van der Waals surface area contributed by atoms with E-state index >= 15 is 0 Å². The standard InChI is InChI=1S/C14H20N2O3/c1-11-3-2-4-12(15-11)9-16-7-5-13(6-8-16)19-10-14(17)18/h2-4,13H,5-10H2,1H3,(H,17,18). The Kier molecular flexibility index (Phi) is 4.87. The van der Waals surface area contributed by atoms with Crippen LogP contribution in [0.4, 0.5) is 0 Å². The van der Waals surface area contributed by atoms with Crippen LogP contribution in [0.2, 0.25) is 0 Å². The van der Waals surface area contributed by atoms with Gasteiger partial charge in [-0.15, -0.1) is 0 Å². The lowest BCUT2D eigenvalue weighted by atomic mass is 10.1. The molecule has 1 fully saturated rings. The molecule has 0 amide bonds. The summed E-state index contributed by atoms with van der Waals surface area (Å²) in [5, 5.41) is 8.57. The van der Waals surface area contributed by atoms with Gasteiger partial charge in [-0.05, 0) is 31.9 Å². The molecule has 2 heterocycles. The van der Waals surface area contributed by atoms with Gasteiger partial charge in [0.1, 0.15) is 6.61 Å². The van der Waals surface area contributed by atoms with Gasteiger partial charge in [0.25, 0.3) is 0 Å². The molecule has 1 aliphatic rings. The molecular weight excluding hydrogens is 244 g/mol. The van der Waals surface area contributed by atoms with Crippen LogP contribution >= 0.6 is 0 Å². The Bertz CT molecular complexity index is 428. The fourth-order valence-corrected chi connectivity index (χ4v) is 2.34. The quantitative estimate of drug-likeness (QED) is 0.872. The summed E-state index contributed by atoms with van der Waals surface area (Å²) in [5.74, 6) is -0.897. The van der Waals surface area contributed by atoms with E-state index in [-0.39, 0.29) is 12.7 Å². The number of ether oxygens (including phenoxy) is 1. The summed E-state index contributed by atoms with van der Waals surface area (Å²) in [6, 6.07) is 6.07. The van der Waals surface area contributed by atoms with Crippen LogP contribution < -0.4 is 0 Å². The number of nitrogens with zero attached hydrogens (tertiary/aromatic N) is 2. The Morgan fingerprint density at radius 2 is 2.21 bits per heavy atom. The van der Waals surface area contributed by atoms with Crippen LogP contribution in [0, 0.1) is 6.92 Å². The molecule has 0 saturated carbocycles. The SMILES string of the molecule is Cc1cccc(CN2CCC(OCC(=O)O)CC2)n1. The minimum absolute atomic E-state index is 0.0813. The molecular formula is C14H20N2O3. The maximum absolute atomic E-state index is 10.4. The van der Waals surface area contributed by atoms with Gasteiger partial charge in [-0.2, -0.15) is 0 Å². The van der Waals surface area contributed by atoms with Gasteiger partial charge >= 0.3 is 5.97 Å². The fraction of sp³-hybridized carbons (Fsp3) is 0.571. The molecule has 1 N–H and O–H groups in total. The number of likely N-dealkylation sites (tertiary alicyclic amines) is 1. The number of hydrogen-bond acceptors (Lipinski definition) is 4. The van der Waals surface area contributed by atoms with Crippen molar-refractivity contribution in [2.75, 3.05) is 19.7 Å². The van der Waals surface area contributed by atoms with Crippen LogP contribution in [0.25, 0.3) is 0 Å². The van der Waals surface area contributed by atoms with E-state index in [0.29, 0.717) is 0 Å². The molecule has 0 unspecified atom stereocenters. The average molecular weight is 264 g/mol. The van der Waals surface area contributed by atoms with E-state index in [4.69, 9.17) is 9.84 Å². The molecule has 1 aromatic heterocycles. The van der Waals surface area contributed by atoms with Crippen molar-refractivity contribution in [3.8, 4) is 0 Å². The third kappa shape index (κ3) is 4.61. The van der Waals surface area contributed by atoms with Gasteiger partial charge in [-0.1, -0.05) is 6.07 Å². The highest BCUT2D eigenvalue weighted by molar-refractivity contribution is 5.68. The zero-order chi connectivity index (χ0) is 13.7. The van der Waals surface area contributed by atoms with Crippen LogP contribution in [-0.2, 0) is 16.1 Å². The van der Waals surface area contributed by atoms with Crippen molar-refractivity contribution in [1.82, 2.24) is 9.88 Å². The first kappa shape index (κ1) is 14.0. The number of piperidine rings is 1. The molecule has 1 aromatic rings. The first-order valence-corrected chi connectivity index (χ1v) is 6.62. The smallest absolute Gasteiger partial charge is 0.329 e. The van der Waals surface area contributed by atoms with Crippen molar-refractivity contribution >= 4 is 5.97 Å². The maximum atomic E-state index is 10.4. The summed E-state index contributed by atoms with van der Waals surface area (Å²) in [6.45, 7) is 4.52. The Hall–Kier alpha value is -1.46. The van der Waals surface area contributed by atoms with Gasteiger partial charge in [-0.25, -0.2) is 4.79 Å². The largest absolute Gasteiger partial charge is 0.480 e. The minimum atomic E-state index is -0.897. The van der Waals surface area contributed by atoms with Gasteiger partial charge in [0, 0.05) is 25.3 Å². The van der Waals surface area contributed by atoms with E-state index < -0.39 is 5.97 Å². The number of aromatic nitrogens is 1. The monoisotopic (exact) mass is 264 g/mol. The van der Waals surface area contributed by atoms with E-state index in [0.717, 1.165) is 43.9 Å². The zero-order valence-corrected chi connectivity index (χ0v) is 11.2. The van der Waals surface area contributed by atoms with Crippen molar-refractivity contribution in [3.05, 3.63) is 29.6 Å². The van der Waals surface area contributed by atoms with E-state index in [2.05, 4.69) is 9.88 Å². The van der Waals surface area contributed by atoms with Crippen molar-refractivity contribution in [2.24, 2.45) is 0 Å². The Labute approximate surface area is 113 Å². The highest BCUT2D eigenvalue weighted by Gasteiger charge is 2.20. The fourth-order valence-electron chi connectivity index (χ4n) is 2.34. The lowest BCUT2D eigenvalue weighted by Gasteiger charge is -2.31. The van der Waals surface area contributed by atoms with Gasteiger partial charge in [0.15, 0.2) is 0 Å². The second kappa shape index (κ2) is 6.63. The molecule has 0 spiro atoms. The number of aliphatic carboxylic acids is 1. The van der Waals surface area contributed by atoms with Gasteiger partial charge in [0.05, 0.1) is 11.8 Å². The van der Waals surface area contributed by atoms with Crippen LogP contribution in [0.1, 0.15) is 24.2 Å². The summed E-state index contributed by atoms with van der Waals surface area (Å²) in [4.78, 5) is 17.3. The molecule has 1 aliphatic heterocycles. The molecule has 5 nitrogen and oxygen atoms in total. The van der Waals surface area contributed by atoms with Crippen LogP contribution in [0.5, 0.6) is 0 Å². The lowest BCUT2D eigenvalue weighted by molar-refractivity contribution is -0.145. The van der Waals surface area contributed by atoms with Crippen molar-refractivity contribution in [2.45, 2.75) is 32.4 Å². The van der Waals surface area contributed by atoms with Gasteiger partial charge in [-0.3, -0.25) is 9.88 Å². The maximum Gasteiger partial charge on any atom is 0.329 e. The third-order valence-corrected chi connectivity index (χ3v) is 3.31. The minimum Gasteiger partial charge on any atom is -0.480 e. The number of carbonyl (C=O) groups is 1. The van der Waals surface area contributed by atoms with Crippen molar-refractivity contribution < 1.29 is 14.6 Å². The normalized spacial score (nSPS) is 17.5. The molecule has 5 heteroatoms. The Morgan fingerprint density at radius 1 is 1.47 bits per heavy atom. The molecule has 1 saturated heterocycles. The summed E-state index contributed by atoms with van der Waals surface area (Å²) in [5.41, 5.74) is 2.13. The molecule has 0 radical (unpaired) electrons. The van der Waals surface area contributed by atoms with Crippen LogP contribution in [0.3, 0.4) is 0 Å². The van der Waals surface area contributed by atoms with Gasteiger partial charge < -0.3 is 9.84 Å². The number of hydrogen-bond donors (Lipinski definition) is 1. The lowest BCUT2D eigenvalue weighted by Crippen LogP contribution is -2.37. The van der Waals surface area contributed by atoms with Crippen LogP contribution in [0.15, 0.2) is 18.2 Å². The zero-order valence-electron chi connectivity index (χ0n) is 11.2. The molecule has 0 aliphatic carbocycles. The van der Waals surface area contributed by atoms with E-state index in [9.17, 15) is 4.79 Å². The predicted octanol–water partition coefficient (Wildman–Crippen LogP) is 1.46. The summed E-state index contributed by atoms with van der Waals surface area (Å²) >= 11 is 0. The molecule has 0 bridgehead atoms. The Balaban J connectivity index is 1.75. The van der Waals surface area contributed by atoms with Gasteiger partial charge in [0.2, 0.25) is 0 Å². The molecule has 104 valence electrons. The number of carboxylic acid groups (broad SMARTS) is 1. The molecule has 2 rings (SSSR count). The summed E-state index contributed by atoms with van der Waals surface area (Å²) in [7, 11) is 0. The summed E-state index contributed by atoms with van der Waals surface area (Å²) in [6.07, 6.45) is 1.86. The van der Waals surface area contributed by atoms with Crippen molar-refractivity contribution in [1.29, 1.82) is 0 Å². The Morgan fingerprint density at radius 3 is 2.84 bits per heavy atom. The molecule has 19 heavy (non-hydrogen) atoms.